The van der Waals surface area contributed by atoms with Gasteiger partial charge in [-0.05, 0) is 100 Å². The smallest absolute Gasteiger partial charge is 0.460 e. The number of anilines is 1. The van der Waals surface area contributed by atoms with Crippen molar-refractivity contribution < 1.29 is 98.9 Å². The summed E-state index contributed by atoms with van der Waals surface area (Å²) in [7, 11) is -16.8. The quantitative estimate of drug-likeness (QED) is 0.0231. The molecule has 11 N–H and O–H groups in total. The molecule has 424 valence electrons. The number of carbonyl (C=O) groups excluding carboxylic acids is 6. The van der Waals surface area contributed by atoms with Crippen LogP contribution < -0.4 is 33.1 Å². The molecule has 1 aliphatic rings. The Morgan fingerprint density at radius 1 is 0.730 bits per heavy atom. The van der Waals surface area contributed by atoms with Gasteiger partial charge >= 0.3 is 47.1 Å². The number of unbranched alkanes of at least 4 members (excludes halogenated alkanes) is 3. The Labute approximate surface area is 428 Å². The van der Waals surface area contributed by atoms with Gasteiger partial charge in [0.25, 0.3) is 0 Å². The summed E-state index contributed by atoms with van der Waals surface area (Å²) in [6.45, 7) is 13.4. The highest BCUT2D eigenvalue weighted by Gasteiger charge is 2.44. The van der Waals surface area contributed by atoms with E-state index in [2.05, 4.69) is 38.6 Å². The molecule has 0 aromatic carbocycles. The van der Waals surface area contributed by atoms with Gasteiger partial charge in [0.15, 0.2) is 0 Å². The number of rotatable bonds is 30. The summed E-state index contributed by atoms with van der Waals surface area (Å²) >= 11 is 0. The summed E-state index contributed by atoms with van der Waals surface area (Å²) in [5, 5.41) is 18.0. The average molecular weight is 1120 g/mol. The summed E-state index contributed by atoms with van der Waals surface area (Å²) in [6.07, 6.45) is -3.28. The zero-order valence-electron chi connectivity index (χ0n) is 43.0. The van der Waals surface area contributed by atoms with E-state index in [0.29, 0.717) is 19.3 Å². The molecule has 29 nitrogen and oxygen atoms in total. The van der Waals surface area contributed by atoms with Gasteiger partial charge in [-0.25, -0.2) is 18.5 Å². The normalized spacial score (nSPS) is 19.8. The van der Waals surface area contributed by atoms with Crippen LogP contribution in [0.5, 0.6) is 0 Å². The average Bonchev–Trinajstić information content (AvgIpc) is 3.59. The van der Waals surface area contributed by atoms with Crippen LogP contribution in [0.1, 0.15) is 139 Å². The molecule has 1 saturated heterocycles. The fourth-order valence-corrected chi connectivity index (χ4v) is 10.0. The Kier molecular flexibility index (Phi) is 25.6. The van der Waals surface area contributed by atoms with Crippen molar-refractivity contribution in [3.8, 4) is 0 Å². The number of aliphatic hydroxyl groups excluding tert-OH is 1. The lowest BCUT2D eigenvalue weighted by Gasteiger charge is -2.25. The van der Waals surface area contributed by atoms with Crippen molar-refractivity contribution in [1.29, 1.82) is 0 Å². The van der Waals surface area contributed by atoms with E-state index >= 15 is 0 Å². The van der Waals surface area contributed by atoms with E-state index in [1.54, 1.807) is 62.3 Å². The van der Waals surface area contributed by atoms with Crippen LogP contribution >= 0.6 is 23.5 Å². The number of nitrogen functional groups attached to an aromatic ring is 1. The molecule has 2 heterocycles. The number of aromatic nitrogens is 2. The third-order valence-corrected chi connectivity index (χ3v) is 13.9. The van der Waals surface area contributed by atoms with Gasteiger partial charge in [-0.3, -0.25) is 42.4 Å². The summed E-state index contributed by atoms with van der Waals surface area (Å²) in [4.78, 5) is 124. The first kappa shape index (κ1) is 65.9. The Morgan fingerprint density at radius 3 is 1.72 bits per heavy atom. The number of ether oxygens (including phenoxy) is 4. The minimum absolute atomic E-state index is 0.0201. The predicted molar refractivity (Wildman–Crippen MR) is 260 cm³/mol. The molecule has 0 spiro atoms. The maximum absolute atomic E-state index is 13.8. The van der Waals surface area contributed by atoms with E-state index in [9.17, 15) is 67.0 Å². The van der Waals surface area contributed by atoms with Crippen molar-refractivity contribution in [3.63, 3.8) is 0 Å². The number of hydrogen-bond donors (Lipinski definition) is 9. The van der Waals surface area contributed by atoms with Crippen LogP contribution in [0.2, 0.25) is 0 Å². The number of hydrogen-bond acceptors (Lipinski definition) is 22. The molecule has 0 bridgehead atoms. The van der Waals surface area contributed by atoms with Gasteiger partial charge in [-0.15, -0.1) is 0 Å². The van der Waals surface area contributed by atoms with Gasteiger partial charge in [0.1, 0.15) is 47.0 Å². The summed E-state index contributed by atoms with van der Waals surface area (Å²) < 4.78 is 77.2. The van der Waals surface area contributed by atoms with Gasteiger partial charge in [0, 0.05) is 38.4 Å². The number of phosphoric ester groups is 2. The van der Waals surface area contributed by atoms with Crippen LogP contribution in [-0.4, -0.2) is 132 Å². The van der Waals surface area contributed by atoms with E-state index in [1.165, 1.54) is 12.3 Å². The molecule has 0 saturated carbocycles. The number of aliphatic hydroxyl groups is 1. The number of nitrogens with two attached hydrogens (primary N) is 2. The summed E-state index contributed by atoms with van der Waals surface area (Å²) in [6, 6.07) is -2.79. The minimum atomic E-state index is -5.84. The molecule has 1 aromatic rings. The highest BCUT2D eigenvalue weighted by atomic mass is 31.3. The van der Waals surface area contributed by atoms with Gasteiger partial charge in [0.05, 0.1) is 25.4 Å². The lowest BCUT2D eigenvalue weighted by molar-refractivity contribution is -0.156. The van der Waals surface area contributed by atoms with Crippen LogP contribution in [0.4, 0.5) is 5.82 Å². The van der Waals surface area contributed by atoms with Gasteiger partial charge in [0.2, 0.25) is 17.7 Å². The molecule has 3 amide bonds. The number of nitrogens with zero attached hydrogens (tertiary/aromatic N) is 2. The molecule has 32 heteroatoms. The fourth-order valence-electron chi connectivity index (χ4n) is 6.46. The number of phosphoric acid groups is 3. The van der Waals surface area contributed by atoms with Crippen molar-refractivity contribution in [2.75, 3.05) is 25.5 Å². The van der Waals surface area contributed by atoms with Crippen molar-refractivity contribution in [2.45, 2.75) is 186 Å². The Bertz CT molecular complexity index is 2280. The van der Waals surface area contributed by atoms with E-state index < -0.39 is 131 Å². The van der Waals surface area contributed by atoms with Gasteiger partial charge < -0.3 is 66.2 Å². The van der Waals surface area contributed by atoms with E-state index in [1.807, 2.05) is 0 Å². The molecule has 9 atom stereocenters. The number of amides is 3. The van der Waals surface area contributed by atoms with Crippen molar-refractivity contribution in [1.82, 2.24) is 25.5 Å². The second-order valence-corrected chi connectivity index (χ2v) is 24.6. The fraction of sp³-hybridized carbons (Fsp3) is 0.762. The summed E-state index contributed by atoms with van der Waals surface area (Å²) in [5.41, 5.74) is 8.19. The predicted octanol–water partition coefficient (Wildman–Crippen LogP) is 2.18. The molecule has 74 heavy (non-hydrogen) atoms. The first-order valence-corrected chi connectivity index (χ1v) is 28.0. The van der Waals surface area contributed by atoms with Crippen molar-refractivity contribution in [2.24, 2.45) is 5.73 Å². The molecular formula is C42H74N7O22P3. The zero-order chi connectivity index (χ0) is 56.5. The highest BCUT2D eigenvalue weighted by molar-refractivity contribution is 7.66. The largest absolute Gasteiger partial charge is 0.490 e. The minimum Gasteiger partial charge on any atom is -0.460 e. The van der Waals surface area contributed by atoms with E-state index in [-0.39, 0.29) is 63.7 Å². The second-order valence-electron chi connectivity index (χ2n) is 20.0. The lowest BCUT2D eigenvalue weighted by Crippen LogP contribution is -2.56. The van der Waals surface area contributed by atoms with E-state index in [0.717, 1.165) is 4.57 Å². The van der Waals surface area contributed by atoms with Crippen molar-refractivity contribution in [3.05, 3.63) is 22.7 Å². The van der Waals surface area contributed by atoms with Crippen molar-refractivity contribution >= 4 is 64.9 Å². The topological polar surface area (TPSA) is 431 Å². The van der Waals surface area contributed by atoms with Crippen LogP contribution in [0.15, 0.2) is 17.1 Å². The SMILES string of the molecule is CC(C)(C)OC(=O)CCC(N)C(=O)NC(CCC(=O)OC(C)(C)C)C(=O)NC(CCC(=O)OC(C)(C)C)C(=O)NCCCCCCOP(=O)(O)OP(=O)(O)OP(=O)(O)OC[C@H]1O[C@@H](n2ccc(N)nc2=O)C[C@H]1O. The van der Waals surface area contributed by atoms with Crippen LogP contribution in [-0.2, 0) is 79.1 Å². The van der Waals surface area contributed by atoms with Crippen LogP contribution in [0, 0.1) is 0 Å². The molecule has 0 aliphatic carbocycles. The zero-order valence-corrected chi connectivity index (χ0v) is 45.7. The number of nitrogens with one attached hydrogen (secondary N) is 3. The second kappa shape index (κ2) is 28.8. The first-order chi connectivity index (χ1) is 33.8. The van der Waals surface area contributed by atoms with E-state index in [4.69, 9.17) is 30.4 Å². The molecule has 0 radical (unpaired) electrons. The molecule has 6 unspecified atom stereocenters. The molecule has 1 aromatic heterocycles. The van der Waals surface area contributed by atoms with Crippen LogP contribution in [0.25, 0.3) is 0 Å². The Morgan fingerprint density at radius 2 is 1.20 bits per heavy atom. The number of esters is 3. The standard InChI is InChI=1S/C42H74N7O22P3/c1-40(2,3)67-33(51)17-14-26(43)36(54)46-28(16-19-35(53)69-42(7,8)9)38(56)47-27(15-18-34(52)68-41(4,5)6)37(55)45-21-12-10-11-13-23-64-72(58,59)70-74(62,63)71-73(60,61)65-25-30-29(50)24-32(66-30)49-22-20-31(44)48-39(49)57/h20,22,26-30,32,50H,10-19,21,23-25,43H2,1-9H3,(H,45,55)(H,46,54)(H,47,56)(H,58,59)(H,60,61)(H,62,63)(H2,44,48,57)/t26?,27?,28?,29-,30-,32-/m1/s1. The van der Waals surface area contributed by atoms with Gasteiger partial charge in [-0.1, -0.05) is 12.8 Å². The maximum Gasteiger partial charge on any atom is 0.490 e. The molecule has 2 rings (SSSR count). The Balaban J connectivity index is 1.96. The summed E-state index contributed by atoms with van der Waals surface area (Å²) in [5.74, 6) is -4.52. The molecule has 1 fully saturated rings. The lowest BCUT2D eigenvalue weighted by atomic mass is 10.1. The maximum atomic E-state index is 13.8. The van der Waals surface area contributed by atoms with Gasteiger partial charge in [-0.2, -0.15) is 13.6 Å². The monoisotopic (exact) mass is 1120 g/mol. The first-order valence-electron chi connectivity index (χ1n) is 23.5. The molecular weight excluding hydrogens is 1050 g/mol. The third-order valence-electron chi connectivity index (χ3n) is 9.60. The van der Waals surface area contributed by atoms with Crippen LogP contribution in [0.3, 0.4) is 0 Å². The number of carbonyl (C=O) groups is 6. The highest BCUT2D eigenvalue weighted by Crippen LogP contribution is 2.67. The molecule has 1 aliphatic heterocycles. The Hall–Kier alpha value is -4.21. The third kappa shape index (κ3) is 27.5.